The lowest BCUT2D eigenvalue weighted by molar-refractivity contribution is 0.416. The van der Waals surface area contributed by atoms with Gasteiger partial charge in [-0.15, -0.1) is 0 Å². The second-order valence-corrected chi connectivity index (χ2v) is 4.98. The fraction of sp³-hybridized carbons (Fsp3) is 0.105. The second-order valence-electron chi connectivity index (χ2n) is 4.98. The number of rotatable bonds is 4. The number of nitrogens with zero attached hydrogens (tertiary/aromatic N) is 1. The maximum Gasteiger partial charge on any atom is 0.152 e. The fourth-order valence-corrected chi connectivity index (χ4v) is 2.28. The highest BCUT2D eigenvalue weighted by Crippen LogP contribution is 2.30. The summed E-state index contributed by atoms with van der Waals surface area (Å²) in [5, 5.41) is 0. The van der Waals surface area contributed by atoms with E-state index >= 15 is 0 Å². The zero-order chi connectivity index (χ0) is 15.4. The Morgan fingerprint density at radius 1 is 1.00 bits per heavy atom. The molecule has 2 aromatic carbocycles. The summed E-state index contributed by atoms with van der Waals surface area (Å²) in [7, 11) is 1.65. The summed E-state index contributed by atoms with van der Waals surface area (Å²) in [6, 6.07) is 19.7. The number of aliphatic imine (C=N–C) groups is 1. The minimum absolute atomic E-state index is 0.731. The molecule has 3 nitrogen and oxygen atoms in total. The van der Waals surface area contributed by atoms with Crippen LogP contribution in [0.2, 0.25) is 0 Å². The van der Waals surface area contributed by atoms with Crippen LogP contribution in [0.1, 0.15) is 16.9 Å². The first-order valence-corrected chi connectivity index (χ1v) is 7.10. The zero-order valence-electron chi connectivity index (χ0n) is 12.6. The molecule has 3 heteroatoms. The summed E-state index contributed by atoms with van der Waals surface area (Å²) < 4.78 is 11.0. The molecule has 0 fully saturated rings. The first kappa shape index (κ1) is 14.1. The molecular formula is C19H17NO2. The Morgan fingerprint density at radius 2 is 1.82 bits per heavy atom. The van der Waals surface area contributed by atoms with Crippen molar-refractivity contribution in [3.05, 3.63) is 83.8 Å². The Bertz CT molecular complexity index is 774. The number of methoxy groups -OCH3 is 1. The van der Waals surface area contributed by atoms with Crippen LogP contribution in [0.5, 0.6) is 5.75 Å². The van der Waals surface area contributed by atoms with Crippen LogP contribution >= 0.6 is 0 Å². The van der Waals surface area contributed by atoms with E-state index < -0.39 is 0 Å². The van der Waals surface area contributed by atoms with Crippen LogP contribution in [0.3, 0.4) is 0 Å². The van der Waals surface area contributed by atoms with Crippen molar-refractivity contribution in [1.29, 1.82) is 0 Å². The van der Waals surface area contributed by atoms with Gasteiger partial charge >= 0.3 is 0 Å². The summed E-state index contributed by atoms with van der Waals surface area (Å²) in [5.74, 6) is 1.47. The van der Waals surface area contributed by atoms with Crippen molar-refractivity contribution >= 4 is 11.4 Å². The molecule has 1 heterocycles. The molecule has 0 atom stereocenters. The lowest BCUT2D eigenvalue weighted by Gasteiger charge is -2.08. The number of ether oxygens (including phenoxy) is 1. The third-order valence-electron chi connectivity index (χ3n) is 3.37. The summed E-state index contributed by atoms with van der Waals surface area (Å²) >= 11 is 0. The highest BCUT2D eigenvalue weighted by atomic mass is 16.5. The number of benzene rings is 2. The first-order valence-electron chi connectivity index (χ1n) is 7.10. The van der Waals surface area contributed by atoms with Gasteiger partial charge in [-0.3, -0.25) is 0 Å². The SMILES string of the molecule is COc1ccc(C)cc1N=C(c1ccccc1)c1ccco1. The molecule has 0 spiro atoms. The van der Waals surface area contributed by atoms with Crippen LogP contribution in [-0.4, -0.2) is 12.8 Å². The Labute approximate surface area is 129 Å². The zero-order valence-corrected chi connectivity index (χ0v) is 12.6. The minimum atomic E-state index is 0.731. The van der Waals surface area contributed by atoms with Gasteiger partial charge in [-0.2, -0.15) is 0 Å². The van der Waals surface area contributed by atoms with E-state index in [0.717, 1.165) is 34.0 Å². The predicted molar refractivity (Wildman–Crippen MR) is 88.2 cm³/mol. The standard InChI is InChI=1S/C19H17NO2/c1-14-10-11-17(21-2)16(13-14)20-19(18-9-6-12-22-18)15-7-4-3-5-8-15/h3-13H,1-2H3. The van der Waals surface area contributed by atoms with Crippen molar-refractivity contribution in [1.82, 2.24) is 0 Å². The van der Waals surface area contributed by atoms with Crippen molar-refractivity contribution in [2.24, 2.45) is 4.99 Å². The molecule has 0 aliphatic carbocycles. The third kappa shape index (κ3) is 2.93. The van der Waals surface area contributed by atoms with Crippen molar-refractivity contribution in [3.8, 4) is 5.75 Å². The molecule has 0 radical (unpaired) electrons. The van der Waals surface area contributed by atoms with Gasteiger partial charge in [0.1, 0.15) is 17.1 Å². The van der Waals surface area contributed by atoms with E-state index in [1.807, 2.05) is 67.6 Å². The van der Waals surface area contributed by atoms with Crippen molar-refractivity contribution in [3.63, 3.8) is 0 Å². The van der Waals surface area contributed by atoms with Gasteiger partial charge in [0, 0.05) is 5.56 Å². The third-order valence-corrected chi connectivity index (χ3v) is 3.37. The molecule has 1 aromatic heterocycles. The Kier molecular flexibility index (Phi) is 4.05. The molecule has 0 unspecified atom stereocenters. The van der Waals surface area contributed by atoms with E-state index in [4.69, 9.17) is 14.1 Å². The van der Waals surface area contributed by atoms with Gasteiger partial charge < -0.3 is 9.15 Å². The van der Waals surface area contributed by atoms with Crippen LogP contribution in [0.25, 0.3) is 0 Å². The molecule has 0 aliphatic rings. The van der Waals surface area contributed by atoms with Gasteiger partial charge in [0.15, 0.2) is 5.76 Å². The van der Waals surface area contributed by atoms with Crippen molar-refractivity contribution in [2.75, 3.05) is 7.11 Å². The molecule has 0 amide bonds. The van der Waals surface area contributed by atoms with Gasteiger partial charge in [-0.25, -0.2) is 4.99 Å². The van der Waals surface area contributed by atoms with Gasteiger partial charge in [0.2, 0.25) is 0 Å². The average Bonchev–Trinajstić information content (AvgIpc) is 3.08. The minimum Gasteiger partial charge on any atom is -0.494 e. The van der Waals surface area contributed by atoms with E-state index in [1.165, 1.54) is 0 Å². The van der Waals surface area contributed by atoms with Crippen LogP contribution in [0.4, 0.5) is 5.69 Å². The van der Waals surface area contributed by atoms with E-state index in [2.05, 4.69) is 0 Å². The highest BCUT2D eigenvalue weighted by molar-refractivity contribution is 6.12. The largest absolute Gasteiger partial charge is 0.494 e. The molecular weight excluding hydrogens is 274 g/mol. The molecule has 110 valence electrons. The van der Waals surface area contributed by atoms with Crippen LogP contribution in [0, 0.1) is 6.92 Å². The number of hydrogen-bond donors (Lipinski definition) is 0. The molecule has 0 aliphatic heterocycles. The maximum absolute atomic E-state index is 5.55. The van der Waals surface area contributed by atoms with Crippen LogP contribution in [0.15, 0.2) is 76.3 Å². The summed E-state index contributed by atoms with van der Waals surface area (Å²) in [5.41, 5.74) is 3.71. The number of aryl methyl sites for hydroxylation is 1. The van der Waals surface area contributed by atoms with E-state index in [1.54, 1.807) is 13.4 Å². The summed E-state index contributed by atoms with van der Waals surface area (Å²) in [6.45, 7) is 2.04. The van der Waals surface area contributed by atoms with E-state index in [0.29, 0.717) is 0 Å². The maximum atomic E-state index is 5.55. The molecule has 0 bridgehead atoms. The molecule has 22 heavy (non-hydrogen) atoms. The van der Waals surface area contributed by atoms with Gasteiger partial charge in [0.25, 0.3) is 0 Å². The normalized spacial score (nSPS) is 11.5. The van der Waals surface area contributed by atoms with Gasteiger partial charge in [0.05, 0.1) is 13.4 Å². The Hall–Kier alpha value is -2.81. The van der Waals surface area contributed by atoms with Crippen LogP contribution in [-0.2, 0) is 0 Å². The average molecular weight is 291 g/mol. The summed E-state index contributed by atoms with van der Waals surface area (Å²) in [6.07, 6.45) is 1.65. The van der Waals surface area contributed by atoms with Gasteiger partial charge in [-0.05, 0) is 36.8 Å². The molecule has 3 aromatic rings. The smallest absolute Gasteiger partial charge is 0.152 e. The second kappa shape index (κ2) is 6.31. The molecule has 0 saturated heterocycles. The first-order chi connectivity index (χ1) is 10.8. The molecule has 3 rings (SSSR count). The van der Waals surface area contributed by atoms with Crippen molar-refractivity contribution in [2.45, 2.75) is 6.92 Å². The molecule has 0 N–H and O–H groups in total. The quantitative estimate of drug-likeness (QED) is 0.649. The Balaban J connectivity index is 2.16. The lowest BCUT2D eigenvalue weighted by atomic mass is 10.1. The van der Waals surface area contributed by atoms with E-state index in [-0.39, 0.29) is 0 Å². The molecule has 0 saturated carbocycles. The highest BCUT2D eigenvalue weighted by Gasteiger charge is 2.11. The van der Waals surface area contributed by atoms with E-state index in [9.17, 15) is 0 Å². The number of furan rings is 1. The fourth-order valence-electron chi connectivity index (χ4n) is 2.28. The predicted octanol–water partition coefficient (Wildman–Crippen LogP) is 4.77. The monoisotopic (exact) mass is 291 g/mol. The Morgan fingerprint density at radius 3 is 2.50 bits per heavy atom. The number of hydrogen-bond acceptors (Lipinski definition) is 3. The van der Waals surface area contributed by atoms with Crippen molar-refractivity contribution < 1.29 is 9.15 Å². The lowest BCUT2D eigenvalue weighted by Crippen LogP contribution is -2.01. The topological polar surface area (TPSA) is 34.7 Å². The summed E-state index contributed by atoms with van der Waals surface area (Å²) in [4.78, 5) is 4.80. The van der Waals surface area contributed by atoms with Crippen LogP contribution < -0.4 is 4.74 Å². The van der Waals surface area contributed by atoms with Gasteiger partial charge in [-0.1, -0.05) is 36.4 Å².